The molecule has 1 fully saturated rings. The molecule has 1 saturated carbocycles. The number of hydrogen-bond donors (Lipinski definition) is 1. The van der Waals surface area contributed by atoms with E-state index in [9.17, 15) is 9.59 Å². The maximum atomic E-state index is 13.7. The minimum absolute atomic E-state index is 0.0633. The van der Waals surface area contributed by atoms with E-state index in [1.807, 2.05) is 72.4 Å². The zero-order valence-corrected chi connectivity index (χ0v) is 21.4. The molecule has 0 bridgehead atoms. The number of carbonyl (C=O) groups is 2. The van der Waals surface area contributed by atoms with Gasteiger partial charge in [0.05, 0.1) is 7.11 Å². The van der Waals surface area contributed by atoms with Crippen LogP contribution in [0.15, 0.2) is 72.8 Å². The van der Waals surface area contributed by atoms with Crippen LogP contribution >= 0.6 is 0 Å². The molecule has 0 unspecified atom stereocenters. The number of benzene rings is 3. The van der Waals surface area contributed by atoms with E-state index >= 15 is 0 Å². The lowest BCUT2D eigenvalue weighted by atomic mass is 10.1. The first-order chi connectivity index (χ1) is 17.4. The Morgan fingerprint density at radius 1 is 0.917 bits per heavy atom. The highest BCUT2D eigenvalue weighted by Gasteiger charge is 2.23. The van der Waals surface area contributed by atoms with E-state index in [2.05, 4.69) is 5.32 Å². The van der Waals surface area contributed by atoms with Gasteiger partial charge in [-0.15, -0.1) is 0 Å². The van der Waals surface area contributed by atoms with Crippen molar-refractivity contribution in [2.45, 2.75) is 38.8 Å². The second-order valence-corrected chi connectivity index (χ2v) is 9.58. The number of hydrogen-bond acceptors (Lipinski definition) is 4. The van der Waals surface area contributed by atoms with Gasteiger partial charge in [-0.3, -0.25) is 9.59 Å². The van der Waals surface area contributed by atoms with Crippen molar-refractivity contribution in [1.82, 2.24) is 4.90 Å². The summed E-state index contributed by atoms with van der Waals surface area (Å²) in [6, 6.07) is 23.1. The molecular formula is C30H35N3O3. The average molecular weight is 486 g/mol. The Morgan fingerprint density at radius 2 is 1.61 bits per heavy atom. The summed E-state index contributed by atoms with van der Waals surface area (Å²) in [6.45, 7) is 0.873. The topological polar surface area (TPSA) is 61.9 Å². The van der Waals surface area contributed by atoms with Crippen molar-refractivity contribution < 1.29 is 14.3 Å². The van der Waals surface area contributed by atoms with Crippen molar-refractivity contribution in [3.63, 3.8) is 0 Å². The number of anilines is 2. The molecule has 0 spiro atoms. The van der Waals surface area contributed by atoms with E-state index in [1.165, 1.54) is 0 Å². The van der Waals surface area contributed by atoms with Crippen LogP contribution < -0.4 is 15.0 Å². The third kappa shape index (κ3) is 6.25. The van der Waals surface area contributed by atoms with Gasteiger partial charge in [-0.05, 0) is 66.4 Å². The van der Waals surface area contributed by atoms with E-state index in [-0.39, 0.29) is 17.7 Å². The highest BCUT2D eigenvalue weighted by atomic mass is 16.5. The molecule has 1 aliphatic carbocycles. The van der Waals surface area contributed by atoms with Crippen LogP contribution in [0.2, 0.25) is 0 Å². The molecule has 4 rings (SSSR count). The molecule has 3 aromatic rings. The van der Waals surface area contributed by atoms with Gasteiger partial charge in [0.15, 0.2) is 0 Å². The summed E-state index contributed by atoms with van der Waals surface area (Å²) in [7, 11) is 5.59. The van der Waals surface area contributed by atoms with E-state index in [4.69, 9.17) is 4.74 Å². The third-order valence-corrected chi connectivity index (χ3v) is 6.76. The molecular weight excluding hydrogens is 450 g/mol. The largest absolute Gasteiger partial charge is 0.497 e. The molecule has 1 aliphatic rings. The summed E-state index contributed by atoms with van der Waals surface area (Å²) in [6.07, 6.45) is 4.14. The lowest BCUT2D eigenvalue weighted by molar-refractivity contribution is -0.119. The van der Waals surface area contributed by atoms with Gasteiger partial charge in [-0.1, -0.05) is 43.2 Å². The predicted molar refractivity (Wildman–Crippen MR) is 144 cm³/mol. The summed E-state index contributed by atoms with van der Waals surface area (Å²) in [4.78, 5) is 30.3. The fourth-order valence-electron chi connectivity index (χ4n) is 4.78. The summed E-state index contributed by atoms with van der Waals surface area (Å²) in [5.74, 6) is 0.827. The number of ether oxygens (including phenoxy) is 1. The number of carbonyl (C=O) groups excluding carboxylic acids is 2. The molecule has 3 aromatic carbocycles. The quantitative estimate of drug-likeness (QED) is 0.420. The SMILES string of the molecule is COc1ccc(C(=O)N(Cc2ccccc2)Cc2cc(NC(=O)C3CCCC3)ccc2N(C)C)cc1. The van der Waals surface area contributed by atoms with Crippen LogP contribution in [0, 0.1) is 5.92 Å². The van der Waals surface area contributed by atoms with Crippen molar-refractivity contribution in [3.8, 4) is 5.75 Å². The van der Waals surface area contributed by atoms with Crippen LogP contribution in [0.3, 0.4) is 0 Å². The second-order valence-electron chi connectivity index (χ2n) is 9.58. The molecule has 6 nitrogen and oxygen atoms in total. The van der Waals surface area contributed by atoms with Gasteiger partial charge in [-0.2, -0.15) is 0 Å². The maximum absolute atomic E-state index is 13.7. The Bertz CT molecular complexity index is 1170. The van der Waals surface area contributed by atoms with Crippen molar-refractivity contribution in [2.24, 2.45) is 5.92 Å². The first kappa shape index (κ1) is 25.3. The van der Waals surface area contributed by atoms with Crippen LogP contribution in [0.1, 0.15) is 47.2 Å². The normalized spacial score (nSPS) is 13.3. The molecule has 0 aromatic heterocycles. The fourth-order valence-corrected chi connectivity index (χ4v) is 4.78. The maximum Gasteiger partial charge on any atom is 0.254 e. The third-order valence-electron chi connectivity index (χ3n) is 6.76. The van der Waals surface area contributed by atoms with Crippen LogP contribution in [0.4, 0.5) is 11.4 Å². The molecule has 0 saturated heterocycles. The van der Waals surface area contributed by atoms with Gasteiger partial charge in [-0.25, -0.2) is 0 Å². The van der Waals surface area contributed by atoms with Crippen LogP contribution in [0.25, 0.3) is 0 Å². The van der Waals surface area contributed by atoms with Gasteiger partial charge in [0.25, 0.3) is 5.91 Å². The van der Waals surface area contributed by atoms with Gasteiger partial charge in [0.2, 0.25) is 5.91 Å². The number of rotatable bonds is 9. The lowest BCUT2D eigenvalue weighted by Gasteiger charge is -2.27. The molecule has 0 radical (unpaired) electrons. The fraction of sp³-hybridized carbons (Fsp3) is 0.333. The van der Waals surface area contributed by atoms with Crippen molar-refractivity contribution in [3.05, 3.63) is 89.5 Å². The van der Waals surface area contributed by atoms with Crippen LogP contribution in [-0.4, -0.2) is 37.9 Å². The molecule has 188 valence electrons. The number of amides is 2. The zero-order valence-electron chi connectivity index (χ0n) is 21.4. The van der Waals surface area contributed by atoms with E-state index < -0.39 is 0 Å². The zero-order chi connectivity index (χ0) is 25.5. The molecule has 0 heterocycles. The van der Waals surface area contributed by atoms with Crippen molar-refractivity contribution in [2.75, 3.05) is 31.4 Å². The highest BCUT2D eigenvalue weighted by molar-refractivity contribution is 5.95. The van der Waals surface area contributed by atoms with Crippen LogP contribution in [-0.2, 0) is 17.9 Å². The summed E-state index contributed by atoms with van der Waals surface area (Å²) in [5.41, 5.74) is 4.40. The molecule has 0 aliphatic heterocycles. The minimum atomic E-state index is -0.0633. The first-order valence-corrected chi connectivity index (χ1v) is 12.5. The van der Waals surface area contributed by atoms with Crippen molar-refractivity contribution in [1.29, 1.82) is 0 Å². The standard InChI is InChI=1S/C30H35N3O3/c1-32(2)28-18-15-26(31-29(34)23-11-7-8-12-23)19-25(28)21-33(20-22-9-5-4-6-10-22)30(35)24-13-16-27(36-3)17-14-24/h4-6,9-10,13-19,23H,7-8,11-12,20-21H2,1-3H3,(H,31,34). The predicted octanol–water partition coefficient (Wildman–Crippen LogP) is 5.73. The lowest BCUT2D eigenvalue weighted by Crippen LogP contribution is -2.31. The summed E-state index contributed by atoms with van der Waals surface area (Å²) in [5, 5.41) is 3.11. The Kier molecular flexibility index (Phi) is 8.26. The Labute approximate surface area is 213 Å². The number of nitrogens with one attached hydrogen (secondary N) is 1. The number of nitrogens with zero attached hydrogens (tertiary/aromatic N) is 2. The van der Waals surface area contributed by atoms with Gasteiger partial charge in [0.1, 0.15) is 5.75 Å². The minimum Gasteiger partial charge on any atom is -0.497 e. The first-order valence-electron chi connectivity index (χ1n) is 12.5. The average Bonchev–Trinajstić information content (AvgIpc) is 3.44. The van der Waals surface area contributed by atoms with Gasteiger partial charge in [0, 0.05) is 50.0 Å². The van der Waals surface area contributed by atoms with Gasteiger partial charge < -0.3 is 19.9 Å². The number of methoxy groups -OCH3 is 1. The van der Waals surface area contributed by atoms with E-state index in [0.717, 1.165) is 48.2 Å². The van der Waals surface area contributed by atoms with Gasteiger partial charge >= 0.3 is 0 Å². The molecule has 2 amide bonds. The molecule has 0 atom stereocenters. The Balaban J connectivity index is 1.63. The van der Waals surface area contributed by atoms with Crippen molar-refractivity contribution >= 4 is 23.2 Å². The van der Waals surface area contributed by atoms with E-state index in [1.54, 1.807) is 31.4 Å². The summed E-state index contributed by atoms with van der Waals surface area (Å²) >= 11 is 0. The Hall–Kier alpha value is -3.80. The van der Waals surface area contributed by atoms with Crippen LogP contribution in [0.5, 0.6) is 5.75 Å². The smallest absolute Gasteiger partial charge is 0.254 e. The van der Waals surface area contributed by atoms with E-state index in [0.29, 0.717) is 24.4 Å². The molecule has 36 heavy (non-hydrogen) atoms. The Morgan fingerprint density at radius 3 is 2.25 bits per heavy atom. The molecule has 6 heteroatoms. The highest BCUT2D eigenvalue weighted by Crippen LogP contribution is 2.29. The monoisotopic (exact) mass is 485 g/mol. The second kappa shape index (κ2) is 11.8. The molecule has 1 N–H and O–H groups in total. The summed E-state index contributed by atoms with van der Waals surface area (Å²) < 4.78 is 5.26.